The molecule has 1 aliphatic heterocycles. The molecule has 3 nitrogen and oxygen atoms in total. The van der Waals surface area contributed by atoms with Crippen LogP contribution in [0.2, 0.25) is 10.0 Å². The Balaban J connectivity index is 1.68. The Hall–Kier alpha value is -1.07. The van der Waals surface area contributed by atoms with Gasteiger partial charge in [0.1, 0.15) is 0 Å². The summed E-state index contributed by atoms with van der Waals surface area (Å²) in [4.78, 5) is 18.7. The molecule has 0 radical (unpaired) electrons. The van der Waals surface area contributed by atoms with Crippen LogP contribution in [0.15, 0.2) is 30.3 Å². The number of thiophene rings is 1. The molecular formula is C17H18Cl2N2OS. The van der Waals surface area contributed by atoms with E-state index in [4.69, 9.17) is 23.2 Å². The first-order chi connectivity index (χ1) is 11.0. The molecule has 2 heterocycles. The van der Waals surface area contributed by atoms with Gasteiger partial charge in [-0.05, 0) is 31.3 Å². The number of hydrogen-bond acceptors (Lipinski definition) is 3. The highest BCUT2D eigenvalue weighted by Crippen LogP contribution is 2.35. The van der Waals surface area contributed by atoms with Gasteiger partial charge in [-0.1, -0.05) is 29.3 Å². The molecule has 1 amide bonds. The zero-order chi connectivity index (χ0) is 16.4. The molecule has 1 aliphatic rings. The maximum Gasteiger partial charge on any atom is 0.227 e. The van der Waals surface area contributed by atoms with E-state index in [2.05, 4.69) is 11.9 Å². The number of piperazine rings is 1. The quantitative estimate of drug-likeness (QED) is 0.815. The normalized spacial score (nSPS) is 15.9. The second-order valence-corrected chi connectivity index (χ2v) is 7.76. The fourth-order valence-corrected chi connectivity index (χ4v) is 4.23. The molecule has 2 aromatic rings. The van der Waals surface area contributed by atoms with Gasteiger partial charge in [0.15, 0.2) is 0 Å². The minimum absolute atomic E-state index is 0.203. The third kappa shape index (κ3) is 4.07. The molecule has 0 aliphatic carbocycles. The second kappa shape index (κ2) is 7.22. The molecule has 1 fully saturated rings. The average Bonchev–Trinajstić information content (AvgIpc) is 2.96. The standard InChI is InChI=1S/C17H18Cl2N2OS/c1-20-6-8-21(9-7-20)17(22)11-13-3-5-16(23-13)14-4-2-12(18)10-15(14)19/h2-5,10H,6-9,11H2,1H3. The van der Waals surface area contributed by atoms with Crippen LogP contribution in [0, 0.1) is 0 Å². The van der Waals surface area contributed by atoms with E-state index in [1.807, 2.05) is 29.2 Å². The van der Waals surface area contributed by atoms with Crippen molar-refractivity contribution in [1.82, 2.24) is 9.80 Å². The third-order valence-electron chi connectivity index (χ3n) is 4.04. The van der Waals surface area contributed by atoms with Crippen LogP contribution < -0.4 is 0 Å². The molecule has 0 saturated carbocycles. The van der Waals surface area contributed by atoms with Gasteiger partial charge < -0.3 is 9.80 Å². The fraction of sp³-hybridized carbons (Fsp3) is 0.353. The van der Waals surface area contributed by atoms with Crippen molar-refractivity contribution in [3.05, 3.63) is 45.3 Å². The number of halogens is 2. The zero-order valence-electron chi connectivity index (χ0n) is 12.9. The summed E-state index contributed by atoms with van der Waals surface area (Å²) < 4.78 is 0. The highest BCUT2D eigenvalue weighted by Gasteiger charge is 2.20. The summed E-state index contributed by atoms with van der Waals surface area (Å²) in [5.41, 5.74) is 0.958. The molecular weight excluding hydrogens is 351 g/mol. The number of benzene rings is 1. The first kappa shape index (κ1) is 16.8. The van der Waals surface area contributed by atoms with E-state index < -0.39 is 0 Å². The van der Waals surface area contributed by atoms with Gasteiger partial charge in [-0.2, -0.15) is 0 Å². The van der Waals surface area contributed by atoms with E-state index in [0.29, 0.717) is 16.5 Å². The van der Waals surface area contributed by atoms with E-state index in [-0.39, 0.29) is 5.91 Å². The third-order valence-corrected chi connectivity index (χ3v) is 5.71. The molecule has 0 unspecified atom stereocenters. The van der Waals surface area contributed by atoms with E-state index in [1.54, 1.807) is 17.4 Å². The predicted molar refractivity (Wildman–Crippen MR) is 97.6 cm³/mol. The summed E-state index contributed by atoms with van der Waals surface area (Å²) in [5, 5.41) is 1.26. The van der Waals surface area contributed by atoms with E-state index >= 15 is 0 Å². The number of carbonyl (C=O) groups is 1. The van der Waals surface area contributed by atoms with Gasteiger partial charge in [0.05, 0.1) is 11.4 Å². The van der Waals surface area contributed by atoms with Gasteiger partial charge in [-0.25, -0.2) is 0 Å². The summed E-state index contributed by atoms with van der Waals surface area (Å²) in [7, 11) is 2.09. The SMILES string of the molecule is CN1CCN(C(=O)Cc2ccc(-c3ccc(Cl)cc3Cl)s2)CC1. The number of nitrogens with zero attached hydrogens (tertiary/aromatic N) is 2. The van der Waals surface area contributed by atoms with Crippen LogP contribution in [0.25, 0.3) is 10.4 Å². The largest absolute Gasteiger partial charge is 0.340 e. The number of likely N-dealkylation sites (N-methyl/N-ethyl adjacent to an activating group) is 1. The van der Waals surface area contributed by atoms with Crippen LogP contribution in [-0.4, -0.2) is 48.9 Å². The Labute approximate surface area is 150 Å². The van der Waals surface area contributed by atoms with E-state index in [0.717, 1.165) is 41.5 Å². The lowest BCUT2D eigenvalue weighted by atomic mass is 10.2. The van der Waals surface area contributed by atoms with Crippen molar-refractivity contribution in [2.75, 3.05) is 33.2 Å². The van der Waals surface area contributed by atoms with Crippen molar-refractivity contribution < 1.29 is 4.79 Å². The summed E-state index contributed by atoms with van der Waals surface area (Å²) in [5.74, 6) is 0.203. The van der Waals surface area contributed by atoms with E-state index in [1.165, 1.54) is 0 Å². The summed E-state index contributed by atoms with van der Waals surface area (Å²) in [6.07, 6.45) is 0.458. The van der Waals surface area contributed by atoms with Crippen LogP contribution in [-0.2, 0) is 11.2 Å². The van der Waals surface area contributed by atoms with Crippen LogP contribution >= 0.6 is 34.5 Å². The maximum absolute atomic E-state index is 12.4. The van der Waals surface area contributed by atoms with Gasteiger partial charge in [-0.15, -0.1) is 11.3 Å². The van der Waals surface area contributed by atoms with Crippen LogP contribution in [0.4, 0.5) is 0 Å². The number of amides is 1. The average molecular weight is 369 g/mol. The topological polar surface area (TPSA) is 23.6 Å². The highest BCUT2D eigenvalue weighted by molar-refractivity contribution is 7.15. The molecule has 122 valence electrons. The van der Waals surface area contributed by atoms with E-state index in [9.17, 15) is 4.79 Å². The Morgan fingerprint density at radius 1 is 1.13 bits per heavy atom. The summed E-state index contributed by atoms with van der Waals surface area (Å²) in [6.45, 7) is 3.52. The number of hydrogen-bond donors (Lipinski definition) is 0. The minimum atomic E-state index is 0.203. The first-order valence-corrected chi connectivity index (χ1v) is 9.10. The van der Waals surface area contributed by atoms with Gasteiger partial charge in [0, 0.05) is 46.5 Å². The zero-order valence-corrected chi connectivity index (χ0v) is 15.2. The molecule has 0 N–H and O–H groups in total. The fourth-order valence-electron chi connectivity index (χ4n) is 2.62. The Morgan fingerprint density at radius 2 is 1.87 bits per heavy atom. The van der Waals surface area contributed by atoms with Crippen molar-refractivity contribution in [1.29, 1.82) is 0 Å². The molecule has 1 saturated heterocycles. The van der Waals surface area contributed by atoms with Crippen LogP contribution in [0.1, 0.15) is 4.88 Å². The van der Waals surface area contributed by atoms with Crippen molar-refractivity contribution in [3.63, 3.8) is 0 Å². The minimum Gasteiger partial charge on any atom is -0.340 e. The van der Waals surface area contributed by atoms with Crippen molar-refractivity contribution >= 4 is 40.4 Å². The monoisotopic (exact) mass is 368 g/mol. The number of carbonyl (C=O) groups excluding carboxylic acids is 1. The van der Waals surface area contributed by atoms with Gasteiger partial charge in [-0.3, -0.25) is 4.79 Å². The molecule has 1 aromatic carbocycles. The second-order valence-electron chi connectivity index (χ2n) is 5.75. The van der Waals surface area contributed by atoms with Crippen LogP contribution in [0.3, 0.4) is 0 Å². The Bertz CT molecular complexity index is 708. The van der Waals surface area contributed by atoms with Gasteiger partial charge in [0.2, 0.25) is 5.91 Å². The molecule has 23 heavy (non-hydrogen) atoms. The van der Waals surface area contributed by atoms with Crippen molar-refractivity contribution in [2.24, 2.45) is 0 Å². The lowest BCUT2D eigenvalue weighted by molar-refractivity contribution is -0.131. The smallest absolute Gasteiger partial charge is 0.227 e. The molecule has 3 rings (SSSR count). The predicted octanol–water partition coefficient (Wildman–Crippen LogP) is 4.04. The summed E-state index contributed by atoms with van der Waals surface area (Å²) >= 11 is 13.8. The van der Waals surface area contributed by atoms with Crippen LogP contribution in [0.5, 0.6) is 0 Å². The molecule has 0 atom stereocenters. The lowest BCUT2D eigenvalue weighted by Gasteiger charge is -2.32. The van der Waals surface area contributed by atoms with Gasteiger partial charge in [0.25, 0.3) is 0 Å². The Morgan fingerprint density at radius 3 is 2.57 bits per heavy atom. The summed E-state index contributed by atoms with van der Waals surface area (Å²) in [6, 6.07) is 9.53. The molecule has 1 aromatic heterocycles. The maximum atomic E-state index is 12.4. The number of rotatable bonds is 3. The van der Waals surface area contributed by atoms with Gasteiger partial charge >= 0.3 is 0 Å². The highest BCUT2D eigenvalue weighted by atomic mass is 35.5. The van der Waals surface area contributed by atoms with Crippen molar-refractivity contribution in [2.45, 2.75) is 6.42 Å². The van der Waals surface area contributed by atoms with Crippen molar-refractivity contribution in [3.8, 4) is 10.4 Å². The molecule has 0 bridgehead atoms. The molecule has 0 spiro atoms. The lowest BCUT2D eigenvalue weighted by Crippen LogP contribution is -2.47. The Kier molecular flexibility index (Phi) is 5.27. The molecule has 6 heteroatoms. The first-order valence-electron chi connectivity index (χ1n) is 7.53.